The van der Waals surface area contributed by atoms with Gasteiger partial charge in [0.05, 0.1) is 10.2 Å². The van der Waals surface area contributed by atoms with Gasteiger partial charge in [0.1, 0.15) is 0 Å². The minimum absolute atomic E-state index is 0. The smallest absolute Gasteiger partial charge is 0.0715 e. The molecule has 1 aromatic carbocycles. The van der Waals surface area contributed by atoms with Crippen molar-refractivity contribution in [2.45, 2.75) is 13.8 Å². The third-order valence-electron chi connectivity index (χ3n) is 1.60. The number of aryl methyl sites for hydroxylation is 1. The Balaban J connectivity index is 0.000000810. The molecule has 3 radical (unpaired) electrons. The van der Waals surface area contributed by atoms with Gasteiger partial charge in [0, 0.05) is 0 Å². The zero-order valence-electron chi connectivity index (χ0n) is 6.14. The molecule has 0 amide bonds. The molecule has 0 aliphatic heterocycles. The van der Waals surface area contributed by atoms with Crippen molar-refractivity contribution < 1.29 is 0 Å². The first-order valence-electron chi connectivity index (χ1n) is 2.99. The second kappa shape index (κ2) is 3.79. The van der Waals surface area contributed by atoms with Gasteiger partial charge < -0.3 is 0 Å². The Hall–Kier alpha value is -0.273. The number of benzene rings is 1. The lowest BCUT2D eigenvalue weighted by atomic mass is 10.1. The summed E-state index contributed by atoms with van der Waals surface area (Å²) in [6.07, 6.45) is 0. The summed E-state index contributed by atoms with van der Waals surface area (Å²) < 4.78 is 0. The molecule has 0 spiro atoms. The third-order valence-corrected chi connectivity index (χ3v) is 2.15. The first kappa shape index (κ1) is 9.73. The molecule has 1 aromatic rings. The van der Waals surface area contributed by atoms with E-state index in [0.29, 0.717) is 0 Å². The van der Waals surface area contributed by atoms with Crippen molar-refractivity contribution in [1.82, 2.24) is 0 Å². The Kier molecular flexibility index (Phi) is 3.69. The Morgan fingerprint density at radius 1 is 1.20 bits per heavy atom. The second-order valence-electron chi connectivity index (χ2n) is 2.25. The van der Waals surface area contributed by atoms with E-state index in [9.17, 15) is 0 Å². The Labute approximate surface area is 71.5 Å². The molecule has 0 nitrogen and oxygen atoms in total. The molecule has 0 unspecified atom stereocenters. The summed E-state index contributed by atoms with van der Waals surface area (Å²) in [4.78, 5) is 0. The van der Waals surface area contributed by atoms with Crippen molar-refractivity contribution in [2.75, 3.05) is 0 Å². The van der Waals surface area contributed by atoms with Gasteiger partial charge in [-0.1, -0.05) is 23.4 Å². The number of rotatable bonds is 0. The van der Waals surface area contributed by atoms with E-state index in [4.69, 9.17) is 0 Å². The molecule has 0 aromatic heterocycles. The largest absolute Gasteiger partial charge is 0.147 e. The van der Waals surface area contributed by atoms with E-state index in [0.717, 1.165) is 0 Å². The maximum atomic E-state index is 3.49. The van der Waals surface area contributed by atoms with Crippen molar-refractivity contribution in [3.8, 4) is 0 Å². The van der Waals surface area contributed by atoms with Crippen LogP contribution in [0.3, 0.4) is 0 Å². The van der Waals surface area contributed by atoms with Gasteiger partial charge in [-0.3, -0.25) is 0 Å². The highest BCUT2D eigenvalue weighted by atomic mass is 35.5. The monoisotopic (exact) mass is 169 g/mol. The van der Waals surface area contributed by atoms with Crippen LogP contribution in [0.25, 0.3) is 0 Å². The maximum Gasteiger partial charge on any atom is 0.0715 e. The molecule has 0 atom stereocenters. The lowest BCUT2D eigenvalue weighted by Crippen LogP contribution is -2.07. The molecule has 0 N–H and O–H groups in total. The summed E-state index contributed by atoms with van der Waals surface area (Å²) in [7, 11) is 3.49. The predicted molar refractivity (Wildman–Crippen MR) is 48.6 cm³/mol. The minimum Gasteiger partial charge on any atom is -0.147 e. The van der Waals surface area contributed by atoms with E-state index in [1.54, 1.807) is 0 Å². The van der Waals surface area contributed by atoms with Gasteiger partial charge in [-0.25, -0.2) is 0 Å². The second-order valence-corrected chi connectivity index (χ2v) is 2.79. The molecule has 10 heavy (non-hydrogen) atoms. The summed E-state index contributed by atoms with van der Waals surface area (Å²) >= 11 is 0. The van der Waals surface area contributed by atoms with Crippen molar-refractivity contribution in [3.63, 3.8) is 0 Å². The number of hydrogen-bond donors (Lipinski definition) is 0. The van der Waals surface area contributed by atoms with Gasteiger partial charge in [-0.15, -0.1) is 12.4 Å². The van der Waals surface area contributed by atoms with E-state index >= 15 is 0 Å². The number of halogens is 1. The predicted octanol–water partition coefficient (Wildman–Crippen LogP) is 1.52. The van der Waals surface area contributed by atoms with Crippen LogP contribution < -0.4 is 5.19 Å². The summed E-state index contributed by atoms with van der Waals surface area (Å²) in [6, 6.07) is 6.21. The van der Waals surface area contributed by atoms with Crippen LogP contribution in [0.5, 0.6) is 0 Å². The zero-order valence-corrected chi connectivity index (χ0v) is 7.96. The maximum absolute atomic E-state index is 3.49. The zero-order chi connectivity index (χ0) is 6.85. The minimum atomic E-state index is 0. The van der Waals surface area contributed by atoms with Crippen LogP contribution in [-0.2, 0) is 0 Å². The van der Waals surface area contributed by atoms with Gasteiger partial charge in [-0.2, -0.15) is 0 Å². The molecule has 53 valence electrons. The summed E-state index contributed by atoms with van der Waals surface area (Å²) in [5.41, 5.74) is 2.66. The van der Waals surface area contributed by atoms with E-state index in [2.05, 4.69) is 36.2 Å². The average molecular weight is 170 g/mol. The quantitative estimate of drug-likeness (QED) is 0.517. The molecular formula is C8H10ClSi. The Morgan fingerprint density at radius 2 is 1.80 bits per heavy atom. The standard InChI is InChI=1S/C8H9Si.ClH/c1-6-4-3-5-8(9)7(6)2;/h3-5H,1-2H3;1H. The lowest BCUT2D eigenvalue weighted by Gasteiger charge is -2.00. The van der Waals surface area contributed by atoms with E-state index in [1.165, 1.54) is 16.3 Å². The fourth-order valence-electron chi connectivity index (χ4n) is 0.751. The number of hydrogen-bond acceptors (Lipinski definition) is 0. The summed E-state index contributed by atoms with van der Waals surface area (Å²) in [5, 5.41) is 1.19. The topological polar surface area (TPSA) is 0 Å². The Morgan fingerprint density at radius 3 is 2.20 bits per heavy atom. The van der Waals surface area contributed by atoms with Crippen LogP contribution in [0.1, 0.15) is 11.1 Å². The van der Waals surface area contributed by atoms with Gasteiger partial charge in [-0.05, 0) is 25.0 Å². The molecule has 1 rings (SSSR count). The Bertz CT molecular complexity index is 200. The highest BCUT2D eigenvalue weighted by Crippen LogP contribution is 1.99. The van der Waals surface area contributed by atoms with Crippen LogP contribution >= 0.6 is 12.4 Å². The molecule has 0 bridgehead atoms. The summed E-state index contributed by atoms with van der Waals surface area (Å²) in [6.45, 7) is 4.22. The molecule has 0 fully saturated rings. The van der Waals surface area contributed by atoms with E-state index in [-0.39, 0.29) is 12.4 Å². The molecule has 2 heteroatoms. The SMILES string of the molecule is Cc1cccc([Si])c1C.Cl. The van der Waals surface area contributed by atoms with Crippen LogP contribution in [0.4, 0.5) is 0 Å². The summed E-state index contributed by atoms with van der Waals surface area (Å²) in [5.74, 6) is 0. The van der Waals surface area contributed by atoms with Crippen LogP contribution in [0.2, 0.25) is 0 Å². The molecule has 0 aliphatic carbocycles. The van der Waals surface area contributed by atoms with E-state index < -0.39 is 0 Å². The van der Waals surface area contributed by atoms with Gasteiger partial charge in [0.25, 0.3) is 0 Å². The highest BCUT2D eigenvalue weighted by molar-refractivity contribution is 6.33. The van der Waals surface area contributed by atoms with Crippen LogP contribution in [0.15, 0.2) is 18.2 Å². The third kappa shape index (κ3) is 1.86. The normalized spacial score (nSPS) is 8.70. The van der Waals surface area contributed by atoms with Crippen molar-refractivity contribution >= 4 is 27.8 Å². The molecule has 0 aliphatic rings. The van der Waals surface area contributed by atoms with Gasteiger partial charge >= 0.3 is 0 Å². The first-order chi connectivity index (χ1) is 4.22. The lowest BCUT2D eigenvalue weighted by molar-refractivity contribution is 1.37. The van der Waals surface area contributed by atoms with Gasteiger partial charge in [0.15, 0.2) is 0 Å². The van der Waals surface area contributed by atoms with Crippen LogP contribution in [-0.4, -0.2) is 10.2 Å². The van der Waals surface area contributed by atoms with Crippen molar-refractivity contribution in [2.24, 2.45) is 0 Å². The van der Waals surface area contributed by atoms with Crippen molar-refractivity contribution in [1.29, 1.82) is 0 Å². The molecular weight excluding hydrogens is 160 g/mol. The molecule has 0 saturated heterocycles. The van der Waals surface area contributed by atoms with Gasteiger partial charge in [0.2, 0.25) is 0 Å². The fraction of sp³-hybridized carbons (Fsp3) is 0.250. The van der Waals surface area contributed by atoms with E-state index in [1.807, 2.05) is 6.07 Å². The first-order valence-corrected chi connectivity index (χ1v) is 3.49. The van der Waals surface area contributed by atoms with Crippen molar-refractivity contribution in [3.05, 3.63) is 29.3 Å². The molecule has 0 saturated carbocycles. The highest BCUT2D eigenvalue weighted by Gasteiger charge is 1.91. The average Bonchev–Trinajstić information content (AvgIpc) is 1.83. The fourth-order valence-corrected chi connectivity index (χ4v) is 1.04. The van der Waals surface area contributed by atoms with Crippen LogP contribution in [0, 0.1) is 13.8 Å². The molecule has 0 heterocycles.